The van der Waals surface area contributed by atoms with E-state index >= 15 is 0 Å². The van der Waals surface area contributed by atoms with Gasteiger partial charge in [0.15, 0.2) is 0 Å². The predicted molar refractivity (Wildman–Crippen MR) is 104 cm³/mol. The fraction of sp³-hybridized carbons (Fsp3) is 0.0455. The minimum atomic E-state index is -0.688. The van der Waals surface area contributed by atoms with Crippen molar-refractivity contribution in [1.29, 1.82) is 0 Å². The van der Waals surface area contributed by atoms with Crippen LogP contribution in [-0.4, -0.2) is 33.8 Å². The average Bonchev–Trinajstić information content (AvgIpc) is 2.69. The third kappa shape index (κ3) is 4.82. The third-order valence-electron chi connectivity index (χ3n) is 3.67. The summed E-state index contributed by atoms with van der Waals surface area (Å²) in [6, 6.07) is 27.7. The molecule has 3 aromatic rings. The molecule has 0 bridgehead atoms. The van der Waals surface area contributed by atoms with Crippen molar-refractivity contribution in [3.05, 3.63) is 102 Å². The van der Waals surface area contributed by atoms with Crippen LogP contribution in [0.2, 0.25) is 0 Å². The number of carbonyl (C=O) groups is 1. The summed E-state index contributed by atoms with van der Waals surface area (Å²) in [7, 11) is 1.67. The van der Waals surface area contributed by atoms with Gasteiger partial charge in [0.1, 0.15) is 0 Å². The Hall–Kier alpha value is -2.34. The molecule has 0 spiro atoms. The van der Waals surface area contributed by atoms with E-state index in [1.165, 1.54) is 3.61 Å². The van der Waals surface area contributed by atoms with Gasteiger partial charge in [-0.2, -0.15) is 0 Å². The Bertz CT molecular complexity index is 854. The first-order valence-electron chi connectivity index (χ1n) is 7.94. The molecule has 0 heterocycles. The number of ether oxygens (including phenoxy) is 1. The molecule has 2 nitrogen and oxygen atoms in total. The summed E-state index contributed by atoms with van der Waals surface area (Å²) >= 11 is -0.688. The SMILES string of the molecule is COc1ccc([Te]/C(=C\C(=O)c2ccccc2)c2ccccc2)cc1. The minimum absolute atomic E-state index is 0.0538. The molecule has 25 heavy (non-hydrogen) atoms. The van der Waals surface area contributed by atoms with Crippen LogP contribution in [0.15, 0.2) is 91.0 Å². The van der Waals surface area contributed by atoms with Crippen molar-refractivity contribution in [3.8, 4) is 5.75 Å². The van der Waals surface area contributed by atoms with Crippen LogP contribution in [-0.2, 0) is 0 Å². The molecule has 0 N–H and O–H groups in total. The molecule has 0 aromatic heterocycles. The molecule has 0 saturated heterocycles. The summed E-state index contributed by atoms with van der Waals surface area (Å²) in [6.45, 7) is 0. The van der Waals surface area contributed by atoms with Crippen LogP contribution in [0.3, 0.4) is 0 Å². The van der Waals surface area contributed by atoms with E-state index in [1.54, 1.807) is 13.2 Å². The molecule has 0 unspecified atom stereocenters. The molecule has 3 heteroatoms. The number of benzene rings is 3. The number of ketones is 1. The number of rotatable bonds is 6. The van der Waals surface area contributed by atoms with Gasteiger partial charge in [-0.3, -0.25) is 0 Å². The van der Waals surface area contributed by atoms with Crippen molar-refractivity contribution < 1.29 is 9.53 Å². The van der Waals surface area contributed by atoms with E-state index in [0.29, 0.717) is 0 Å². The Kier molecular flexibility index (Phi) is 6.06. The monoisotopic (exact) mass is 444 g/mol. The molecule has 0 aliphatic rings. The second-order valence-electron chi connectivity index (χ2n) is 5.38. The summed E-state index contributed by atoms with van der Waals surface area (Å²) in [5.74, 6) is 0.903. The zero-order valence-electron chi connectivity index (χ0n) is 13.9. The standard InChI is InChI=1S/C22H18O2Te/c1-24-19-12-14-20(15-13-19)25-22(18-10-6-3-7-11-18)16-21(23)17-8-4-2-5-9-17/h2-16H,1H3/b22-16-. The van der Waals surface area contributed by atoms with Crippen LogP contribution in [0, 0.1) is 0 Å². The van der Waals surface area contributed by atoms with Crippen LogP contribution in [0.1, 0.15) is 15.9 Å². The summed E-state index contributed by atoms with van der Waals surface area (Å²) in [4.78, 5) is 12.6. The molecule has 0 fully saturated rings. The summed E-state index contributed by atoms with van der Waals surface area (Å²) in [6.07, 6.45) is 1.80. The number of hydrogen-bond acceptors (Lipinski definition) is 2. The number of allylic oxidation sites excluding steroid dienone is 1. The molecule has 3 rings (SSSR count). The number of methoxy groups -OCH3 is 1. The summed E-state index contributed by atoms with van der Waals surface area (Å²) in [5.41, 5.74) is 1.84. The second kappa shape index (κ2) is 8.67. The van der Waals surface area contributed by atoms with Crippen molar-refractivity contribution in [2.75, 3.05) is 7.11 Å². The van der Waals surface area contributed by atoms with E-state index in [9.17, 15) is 4.79 Å². The van der Waals surface area contributed by atoms with Crippen LogP contribution in [0.4, 0.5) is 0 Å². The van der Waals surface area contributed by atoms with Gasteiger partial charge in [0, 0.05) is 0 Å². The zero-order valence-corrected chi connectivity index (χ0v) is 16.2. The Morgan fingerprint density at radius 3 is 1.92 bits per heavy atom. The van der Waals surface area contributed by atoms with Gasteiger partial charge in [0.2, 0.25) is 0 Å². The molecular weight excluding hydrogens is 424 g/mol. The van der Waals surface area contributed by atoms with Crippen molar-refractivity contribution in [1.82, 2.24) is 0 Å². The molecule has 0 amide bonds. The molecule has 0 aliphatic heterocycles. The third-order valence-corrected chi connectivity index (χ3v) is 6.75. The Morgan fingerprint density at radius 2 is 1.36 bits per heavy atom. The van der Waals surface area contributed by atoms with Gasteiger partial charge in [-0.25, -0.2) is 0 Å². The van der Waals surface area contributed by atoms with E-state index in [4.69, 9.17) is 4.74 Å². The van der Waals surface area contributed by atoms with E-state index in [2.05, 4.69) is 24.3 Å². The Balaban J connectivity index is 1.92. The van der Waals surface area contributed by atoms with Crippen LogP contribution in [0.25, 0.3) is 3.62 Å². The van der Waals surface area contributed by atoms with E-state index in [0.717, 1.165) is 20.5 Å². The molecule has 0 atom stereocenters. The van der Waals surface area contributed by atoms with Crippen molar-refractivity contribution in [2.24, 2.45) is 0 Å². The first-order chi connectivity index (χ1) is 12.3. The van der Waals surface area contributed by atoms with Crippen LogP contribution >= 0.6 is 0 Å². The first kappa shape index (κ1) is 17.5. The molecular formula is C22H18O2Te. The molecule has 0 saturated carbocycles. The van der Waals surface area contributed by atoms with Gasteiger partial charge in [0.25, 0.3) is 0 Å². The normalized spacial score (nSPS) is 11.2. The van der Waals surface area contributed by atoms with Crippen LogP contribution in [0.5, 0.6) is 5.75 Å². The summed E-state index contributed by atoms with van der Waals surface area (Å²) < 4.78 is 7.62. The quantitative estimate of drug-likeness (QED) is 0.329. The van der Waals surface area contributed by atoms with E-state index in [1.807, 2.05) is 60.7 Å². The zero-order chi connectivity index (χ0) is 17.5. The second-order valence-corrected chi connectivity index (χ2v) is 8.57. The van der Waals surface area contributed by atoms with Gasteiger partial charge < -0.3 is 0 Å². The molecule has 124 valence electrons. The molecule has 0 aliphatic carbocycles. The fourth-order valence-electron chi connectivity index (χ4n) is 2.35. The van der Waals surface area contributed by atoms with Gasteiger partial charge in [-0.15, -0.1) is 0 Å². The van der Waals surface area contributed by atoms with Gasteiger partial charge in [-0.05, 0) is 0 Å². The number of hydrogen-bond donors (Lipinski definition) is 0. The maximum atomic E-state index is 12.6. The van der Waals surface area contributed by atoms with Crippen molar-refractivity contribution in [2.45, 2.75) is 0 Å². The van der Waals surface area contributed by atoms with Gasteiger partial charge >= 0.3 is 158 Å². The van der Waals surface area contributed by atoms with Gasteiger partial charge in [0.05, 0.1) is 0 Å². The maximum absolute atomic E-state index is 12.6. The predicted octanol–water partition coefficient (Wildman–Crippen LogP) is 3.95. The van der Waals surface area contributed by atoms with E-state index < -0.39 is 20.9 Å². The van der Waals surface area contributed by atoms with Gasteiger partial charge in [-0.1, -0.05) is 0 Å². The van der Waals surface area contributed by atoms with Crippen molar-refractivity contribution >= 4 is 33.9 Å². The summed E-state index contributed by atoms with van der Waals surface area (Å²) in [5, 5.41) is 0. The topological polar surface area (TPSA) is 26.3 Å². The van der Waals surface area contributed by atoms with Crippen LogP contribution < -0.4 is 8.35 Å². The van der Waals surface area contributed by atoms with E-state index in [-0.39, 0.29) is 5.78 Å². The fourth-order valence-corrected chi connectivity index (χ4v) is 5.05. The van der Waals surface area contributed by atoms with Crippen molar-refractivity contribution in [3.63, 3.8) is 0 Å². The number of carbonyl (C=O) groups excluding carboxylic acids is 1. The molecule has 0 radical (unpaired) electrons. The average molecular weight is 442 g/mol. The Morgan fingerprint density at radius 1 is 0.800 bits per heavy atom. The first-order valence-corrected chi connectivity index (χ1v) is 10.3. The molecule has 3 aromatic carbocycles. The Labute approximate surface area is 158 Å².